The average molecular weight is 378 g/mol. The van der Waals surface area contributed by atoms with Gasteiger partial charge in [-0.2, -0.15) is 5.10 Å². The molecule has 0 aliphatic carbocycles. The van der Waals surface area contributed by atoms with E-state index in [1.807, 2.05) is 4.68 Å². The third-order valence-electron chi connectivity index (χ3n) is 4.80. The number of halogens is 2. The predicted octanol–water partition coefficient (Wildman–Crippen LogP) is 3.32. The third kappa shape index (κ3) is 2.49. The summed E-state index contributed by atoms with van der Waals surface area (Å²) in [5, 5.41) is 4.34. The minimum Gasteiger partial charge on any atom is -0.334 e. The molecule has 0 spiro atoms. The molecule has 1 amide bonds. The first kappa shape index (κ1) is 14.9. The van der Waals surface area contributed by atoms with E-state index in [0.717, 1.165) is 41.5 Å². The van der Waals surface area contributed by atoms with E-state index in [9.17, 15) is 9.18 Å². The highest BCUT2D eigenvalue weighted by molar-refractivity contribution is 9.10. The summed E-state index contributed by atoms with van der Waals surface area (Å²) < 4.78 is 17.0. The molecule has 0 saturated heterocycles. The van der Waals surface area contributed by atoms with E-state index < -0.39 is 0 Å². The highest BCUT2D eigenvalue weighted by Gasteiger charge is 2.28. The predicted molar refractivity (Wildman–Crippen MR) is 87.7 cm³/mol. The molecule has 1 aromatic heterocycles. The Morgan fingerprint density at radius 1 is 1.17 bits per heavy atom. The molecule has 3 heterocycles. The second-order valence-corrected chi connectivity index (χ2v) is 7.00. The van der Waals surface area contributed by atoms with Gasteiger partial charge in [0.05, 0.1) is 17.5 Å². The van der Waals surface area contributed by atoms with Gasteiger partial charge in [0, 0.05) is 29.7 Å². The van der Waals surface area contributed by atoms with Gasteiger partial charge < -0.3 is 4.90 Å². The van der Waals surface area contributed by atoms with Gasteiger partial charge in [-0.3, -0.25) is 9.48 Å². The van der Waals surface area contributed by atoms with Crippen LogP contribution in [0.1, 0.15) is 40.0 Å². The summed E-state index contributed by atoms with van der Waals surface area (Å²) in [5.74, 6) is -0.268. The zero-order valence-corrected chi connectivity index (χ0v) is 14.3. The molecule has 23 heavy (non-hydrogen) atoms. The standard InChI is InChI=1S/C17H17BrFN3O/c18-14-4-5-15(19)13-10-21(8-6-11(13)14)17(23)12-9-20-22-7-2-1-3-16(12)22/h4-5,9H,1-3,6-8,10H2. The minimum absolute atomic E-state index is 0.0295. The smallest absolute Gasteiger partial charge is 0.257 e. The first-order chi connectivity index (χ1) is 11.1. The number of amides is 1. The molecule has 4 rings (SSSR count). The van der Waals surface area contributed by atoms with Crippen LogP contribution in [-0.2, 0) is 25.9 Å². The van der Waals surface area contributed by atoms with Crippen LogP contribution in [0, 0.1) is 5.82 Å². The SMILES string of the molecule is O=C(c1cnn2c1CCCC2)N1CCc2c(Br)ccc(F)c2C1. The van der Waals surface area contributed by atoms with Gasteiger partial charge in [-0.1, -0.05) is 15.9 Å². The Kier molecular flexibility index (Phi) is 3.71. The topological polar surface area (TPSA) is 38.1 Å². The lowest BCUT2D eigenvalue weighted by molar-refractivity contribution is 0.0730. The van der Waals surface area contributed by atoms with E-state index in [4.69, 9.17) is 0 Å². The number of hydrogen-bond donors (Lipinski definition) is 0. The van der Waals surface area contributed by atoms with Crippen LogP contribution >= 0.6 is 15.9 Å². The Hall–Kier alpha value is -1.69. The normalized spacial score (nSPS) is 16.9. The summed E-state index contributed by atoms with van der Waals surface area (Å²) in [5.41, 5.74) is 3.32. The van der Waals surface area contributed by atoms with Gasteiger partial charge in [-0.25, -0.2) is 4.39 Å². The zero-order chi connectivity index (χ0) is 16.0. The molecule has 1 aromatic carbocycles. The number of fused-ring (bicyclic) bond motifs is 2. The molecule has 2 aliphatic heterocycles. The number of aryl methyl sites for hydroxylation is 1. The molecule has 2 aromatic rings. The lowest BCUT2D eigenvalue weighted by Crippen LogP contribution is -2.37. The van der Waals surface area contributed by atoms with Crippen LogP contribution in [0.25, 0.3) is 0 Å². The van der Waals surface area contributed by atoms with E-state index >= 15 is 0 Å². The molecule has 4 nitrogen and oxygen atoms in total. The van der Waals surface area contributed by atoms with Crippen molar-refractivity contribution in [2.45, 2.75) is 38.8 Å². The highest BCUT2D eigenvalue weighted by atomic mass is 79.9. The summed E-state index contributed by atoms with van der Waals surface area (Å²) >= 11 is 3.48. The van der Waals surface area contributed by atoms with Crippen LogP contribution in [-0.4, -0.2) is 27.1 Å². The van der Waals surface area contributed by atoms with Gasteiger partial charge in [-0.05, 0) is 43.4 Å². The van der Waals surface area contributed by atoms with Crippen LogP contribution in [0.2, 0.25) is 0 Å². The van der Waals surface area contributed by atoms with Crippen LogP contribution in [0.15, 0.2) is 22.8 Å². The fourth-order valence-corrected chi connectivity index (χ4v) is 4.11. The third-order valence-corrected chi connectivity index (χ3v) is 5.54. The number of aromatic nitrogens is 2. The van der Waals surface area contributed by atoms with E-state index in [2.05, 4.69) is 21.0 Å². The van der Waals surface area contributed by atoms with Gasteiger partial charge in [-0.15, -0.1) is 0 Å². The summed E-state index contributed by atoms with van der Waals surface area (Å²) in [7, 11) is 0. The maximum absolute atomic E-state index is 14.1. The maximum atomic E-state index is 14.1. The minimum atomic E-state index is -0.238. The first-order valence-electron chi connectivity index (χ1n) is 7.95. The molecular weight excluding hydrogens is 361 g/mol. The zero-order valence-electron chi connectivity index (χ0n) is 12.7. The largest absolute Gasteiger partial charge is 0.334 e. The van der Waals surface area contributed by atoms with Crippen molar-refractivity contribution in [2.24, 2.45) is 0 Å². The highest BCUT2D eigenvalue weighted by Crippen LogP contribution is 2.30. The van der Waals surface area contributed by atoms with Crippen molar-refractivity contribution in [3.8, 4) is 0 Å². The monoisotopic (exact) mass is 377 g/mol. The van der Waals surface area contributed by atoms with Crippen molar-refractivity contribution in [1.82, 2.24) is 14.7 Å². The molecule has 0 atom stereocenters. The molecule has 0 fully saturated rings. The summed E-state index contributed by atoms with van der Waals surface area (Å²) in [4.78, 5) is 14.6. The molecule has 120 valence electrons. The lowest BCUT2D eigenvalue weighted by atomic mass is 9.98. The fourth-order valence-electron chi connectivity index (χ4n) is 3.54. The van der Waals surface area contributed by atoms with Crippen LogP contribution in [0.4, 0.5) is 4.39 Å². The molecular formula is C17H17BrFN3O. The Labute approximate surface area is 142 Å². The van der Waals surface area contributed by atoms with Crippen LogP contribution in [0.5, 0.6) is 0 Å². The van der Waals surface area contributed by atoms with Gasteiger partial charge in [0.2, 0.25) is 0 Å². The van der Waals surface area contributed by atoms with Crippen molar-refractivity contribution in [3.63, 3.8) is 0 Å². The Bertz CT molecular complexity index is 786. The Morgan fingerprint density at radius 3 is 2.91 bits per heavy atom. The lowest BCUT2D eigenvalue weighted by Gasteiger charge is -2.30. The number of hydrogen-bond acceptors (Lipinski definition) is 2. The van der Waals surface area contributed by atoms with Crippen LogP contribution in [0.3, 0.4) is 0 Å². The number of nitrogens with zero attached hydrogens (tertiary/aromatic N) is 3. The number of carbonyl (C=O) groups excluding carboxylic acids is 1. The van der Waals surface area contributed by atoms with Gasteiger partial charge >= 0.3 is 0 Å². The summed E-state index contributed by atoms with van der Waals surface area (Å²) in [6.07, 6.45) is 5.44. The molecule has 0 bridgehead atoms. The van der Waals surface area contributed by atoms with E-state index in [1.165, 1.54) is 6.07 Å². The van der Waals surface area contributed by atoms with Crippen molar-refractivity contribution in [3.05, 3.63) is 51.0 Å². The second-order valence-electron chi connectivity index (χ2n) is 6.15. The average Bonchev–Trinajstić information content (AvgIpc) is 3.01. The van der Waals surface area contributed by atoms with E-state index in [-0.39, 0.29) is 11.7 Å². The first-order valence-corrected chi connectivity index (χ1v) is 8.74. The second kappa shape index (κ2) is 5.74. The molecule has 0 N–H and O–H groups in total. The molecule has 0 saturated carbocycles. The fraction of sp³-hybridized carbons (Fsp3) is 0.412. The Balaban J connectivity index is 1.63. The van der Waals surface area contributed by atoms with E-state index in [0.29, 0.717) is 30.6 Å². The number of carbonyl (C=O) groups is 1. The maximum Gasteiger partial charge on any atom is 0.257 e. The van der Waals surface area contributed by atoms with Gasteiger partial charge in [0.1, 0.15) is 5.82 Å². The summed E-state index contributed by atoms with van der Waals surface area (Å²) in [6, 6.07) is 3.19. The molecule has 2 aliphatic rings. The molecule has 0 unspecified atom stereocenters. The molecule has 6 heteroatoms. The van der Waals surface area contributed by atoms with Crippen molar-refractivity contribution in [1.29, 1.82) is 0 Å². The quantitative estimate of drug-likeness (QED) is 0.764. The van der Waals surface area contributed by atoms with Crippen molar-refractivity contribution in [2.75, 3.05) is 6.54 Å². The number of rotatable bonds is 1. The number of benzene rings is 1. The van der Waals surface area contributed by atoms with Crippen LogP contribution < -0.4 is 0 Å². The Morgan fingerprint density at radius 2 is 2.04 bits per heavy atom. The van der Waals surface area contributed by atoms with Crippen molar-refractivity contribution >= 4 is 21.8 Å². The van der Waals surface area contributed by atoms with E-state index in [1.54, 1.807) is 17.2 Å². The van der Waals surface area contributed by atoms with Crippen molar-refractivity contribution < 1.29 is 9.18 Å². The van der Waals surface area contributed by atoms with Gasteiger partial charge in [0.15, 0.2) is 0 Å². The molecule has 0 radical (unpaired) electrons. The summed E-state index contributed by atoms with van der Waals surface area (Å²) in [6.45, 7) is 1.82. The van der Waals surface area contributed by atoms with Gasteiger partial charge in [0.25, 0.3) is 5.91 Å².